The number of nitrogens with zero attached hydrogens (tertiary/aromatic N) is 1. The van der Waals surface area contributed by atoms with E-state index >= 15 is 0 Å². The van der Waals surface area contributed by atoms with E-state index in [0.29, 0.717) is 34.3 Å². The van der Waals surface area contributed by atoms with Crippen LogP contribution in [0.2, 0.25) is 5.02 Å². The minimum atomic E-state index is -0.404. The number of nitrogens with one attached hydrogen (secondary N) is 1. The maximum atomic E-state index is 11.9. The van der Waals surface area contributed by atoms with E-state index in [4.69, 9.17) is 20.9 Å². The van der Waals surface area contributed by atoms with E-state index in [2.05, 4.69) is 10.5 Å². The van der Waals surface area contributed by atoms with Gasteiger partial charge in [0, 0.05) is 17.5 Å². The molecule has 6 nitrogen and oxygen atoms in total. The third-order valence-corrected chi connectivity index (χ3v) is 3.05. The Kier molecular flexibility index (Phi) is 5.16. The van der Waals surface area contributed by atoms with Crippen LogP contribution in [-0.4, -0.2) is 23.5 Å². The highest BCUT2D eigenvalue weighted by Gasteiger charge is 2.14. The fraction of sp³-hybridized carbons (Fsp3) is 0.267. The van der Waals surface area contributed by atoms with Crippen LogP contribution in [0.5, 0.6) is 5.75 Å². The van der Waals surface area contributed by atoms with Gasteiger partial charge in [-0.25, -0.2) is 0 Å². The predicted octanol–water partition coefficient (Wildman–Crippen LogP) is 3.25. The summed E-state index contributed by atoms with van der Waals surface area (Å²) in [6, 6.07) is 6.29. The highest BCUT2D eigenvalue weighted by molar-refractivity contribution is 6.31. The minimum absolute atomic E-state index is 0.106. The number of rotatable bonds is 6. The van der Waals surface area contributed by atoms with Crippen LogP contribution in [0.3, 0.4) is 0 Å². The fourth-order valence-electron chi connectivity index (χ4n) is 1.78. The second-order valence-corrected chi connectivity index (χ2v) is 5.01. The lowest BCUT2D eigenvalue weighted by Crippen LogP contribution is -2.21. The number of carbonyl (C=O) groups is 2. The summed E-state index contributed by atoms with van der Waals surface area (Å²) in [6.07, 6.45) is 0.321. The fourth-order valence-corrected chi connectivity index (χ4v) is 1.96. The number of benzene rings is 1. The van der Waals surface area contributed by atoms with Gasteiger partial charge in [0.25, 0.3) is 5.91 Å². The predicted molar refractivity (Wildman–Crippen MR) is 81.4 cm³/mol. The van der Waals surface area contributed by atoms with Gasteiger partial charge in [-0.2, -0.15) is 0 Å². The minimum Gasteiger partial charge on any atom is -0.483 e. The van der Waals surface area contributed by atoms with E-state index in [1.54, 1.807) is 32.0 Å². The smallest absolute Gasteiger partial charge is 0.263 e. The average Bonchev–Trinajstić information content (AvgIpc) is 2.90. The first-order valence-electron chi connectivity index (χ1n) is 6.68. The number of hydrogen-bond acceptors (Lipinski definition) is 5. The summed E-state index contributed by atoms with van der Waals surface area (Å²) in [5, 5.41) is 6.61. The maximum absolute atomic E-state index is 11.9. The molecule has 0 aliphatic rings. The van der Waals surface area contributed by atoms with Crippen LogP contribution in [0.4, 0.5) is 5.82 Å². The van der Waals surface area contributed by atoms with Crippen molar-refractivity contribution in [3.8, 4) is 5.75 Å². The number of hydrogen-bond donors (Lipinski definition) is 1. The molecule has 0 saturated carbocycles. The molecule has 116 valence electrons. The van der Waals surface area contributed by atoms with Gasteiger partial charge in [0.15, 0.2) is 18.2 Å². The van der Waals surface area contributed by atoms with Crippen molar-refractivity contribution in [1.82, 2.24) is 5.16 Å². The van der Waals surface area contributed by atoms with Crippen LogP contribution in [0.15, 0.2) is 28.8 Å². The Bertz CT molecular complexity index is 697. The van der Waals surface area contributed by atoms with Gasteiger partial charge in [-0.15, -0.1) is 0 Å². The number of amides is 1. The van der Waals surface area contributed by atoms with Crippen molar-refractivity contribution in [2.24, 2.45) is 0 Å². The van der Waals surface area contributed by atoms with Crippen LogP contribution >= 0.6 is 11.6 Å². The average molecular weight is 323 g/mol. The number of halogens is 1. The Morgan fingerprint density at radius 1 is 1.36 bits per heavy atom. The van der Waals surface area contributed by atoms with Crippen molar-refractivity contribution in [2.75, 3.05) is 11.9 Å². The molecule has 0 aliphatic heterocycles. The van der Waals surface area contributed by atoms with Gasteiger partial charge in [-0.1, -0.05) is 23.7 Å². The Morgan fingerprint density at radius 2 is 2.14 bits per heavy atom. The molecule has 0 atom stereocenters. The van der Waals surface area contributed by atoms with Crippen LogP contribution in [0, 0.1) is 6.92 Å². The number of ether oxygens (including phenoxy) is 1. The topological polar surface area (TPSA) is 81.4 Å². The molecule has 1 N–H and O–H groups in total. The maximum Gasteiger partial charge on any atom is 0.263 e. The van der Waals surface area contributed by atoms with E-state index < -0.39 is 5.91 Å². The van der Waals surface area contributed by atoms with Gasteiger partial charge in [-0.05, 0) is 25.1 Å². The molecule has 1 amide bonds. The Labute approximate surface area is 132 Å². The molecule has 2 rings (SSSR count). The molecule has 2 aromatic rings. The highest BCUT2D eigenvalue weighted by atomic mass is 35.5. The van der Waals surface area contributed by atoms with Gasteiger partial charge >= 0.3 is 0 Å². The molecule has 0 saturated heterocycles. The zero-order chi connectivity index (χ0) is 16.1. The molecule has 0 fully saturated rings. The second-order valence-electron chi connectivity index (χ2n) is 4.58. The summed E-state index contributed by atoms with van der Waals surface area (Å²) in [7, 11) is 0. The molecule has 0 radical (unpaired) electrons. The highest BCUT2D eigenvalue weighted by Crippen LogP contribution is 2.24. The van der Waals surface area contributed by atoms with Crippen molar-refractivity contribution in [3.05, 3.63) is 40.6 Å². The van der Waals surface area contributed by atoms with Gasteiger partial charge in [-0.3, -0.25) is 9.59 Å². The number of anilines is 1. The van der Waals surface area contributed by atoms with E-state index in [-0.39, 0.29) is 12.4 Å². The summed E-state index contributed by atoms with van der Waals surface area (Å²) in [4.78, 5) is 23.6. The third-order valence-electron chi connectivity index (χ3n) is 2.82. The first-order valence-corrected chi connectivity index (χ1v) is 7.06. The first kappa shape index (κ1) is 16.0. The molecular formula is C15H15ClN2O4. The number of aryl methyl sites for hydroxylation is 1. The molecule has 0 aliphatic carbocycles. The van der Waals surface area contributed by atoms with E-state index in [0.717, 1.165) is 0 Å². The van der Waals surface area contributed by atoms with Crippen molar-refractivity contribution < 1.29 is 18.8 Å². The van der Waals surface area contributed by atoms with Crippen LogP contribution in [0.1, 0.15) is 29.5 Å². The lowest BCUT2D eigenvalue weighted by Gasteiger charge is -2.10. The van der Waals surface area contributed by atoms with Gasteiger partial charge in [0.1, 0.15) is 11.5 Å². The number of Topliss-reactive ketones (excluding diaryl/α,β-unsaturated/α-hetero) is 1. The van der Waals surface area contributed by atoms with Gasteiger partial charge in [0.05, 0.1) is 5.56 Å². The molecule has 0 bridgehead atoms. The first-order chi connectivity index (χ1) is 10.5. The van der Waals surface area contributed by atoms with Crippen LogP contribution < -0.4 is 10.1 Å². The van der Waals surface area contributed by atoms with Gasteiger partial charge < -0.3 is 14.6 Å². The van der Waals surface area contributed by atoms with Crippen molar-refractivity contribution >= 4 is 29.1 Å². The standard InChI is InChI=1S/C15H15ClN2O4/c1-3-12(19)11-7-10(16)4-5-13(11)21-8-15(20)17-14-6-9(2)22-18-14/h4-7H,3,8H2,1-2H3,(H,17,18,20). The summed E-state index contributed by atoms with van der Waals surface area (Å²) in [6.45, 7) is 3.21. The summed E-state index contributed by atoms with van der Waals surface area (Å²) in [5.41, 5.74) is 0.361. The lowest BCUT2D eigenvalue weighted by atomic mass is 10.1. The van der Waals surface area contributed by atoms with Crippen molar-refractivity contribution in [3.63, 3.8) is 0 Å². The normalized spacial score (nSPS) is 10.3. The summed E-state index contributed by atoms with van der Waals surface area (Å²) in [5.74, 6) is 0.711. The number of ketones is 1. The van der Waals surface area contributed by atoms with Crippen LogP contribution in [0.25, 0.3) is 0 Å². The molecule has 0 unspecified atom stereocenters. The SMILES string of the molecule is CCC(=O)c1cc(Cl)ccc1OCC(=O)Nc1cc(C)on1. The van der Waals surface area contributed by atoms with Gasteiger partial charge in [0.2, 0.25) is 0 Å². The van der Waals surface area contributed by atoms with E-state index in [9.17, 15) is 9.59 Å². The zero-order valence-electron chi connectivity index (χ0n) is 12.2. The van der Waals surface area contributed by atoms with Crippen LogP contribution in [-0.2, 0) is 4.79 Å². The second kappa shape index (κ2) is 7.09. The third kappa shape index (κ3) is 4.08. The number of aromatic nitrogens is 1. The molecule has 1 heterocycles. The Morgan fingerprint density at radius 3 is 2.77 bits per heavy atom. The summed E-state index contributed by atoms with van der Waals surface area (Å²) < 4.78 is 10.2. The van der Waals surface area contributed by atoms with E-state index in [1.165, 1.54) is 6.07 Å². The summed E-state index contributed by atoms with van der Waals surface area (Å²) >= 11 is 5.88. The zero-order valence-corrected chi connectivity index (χ0v) is 12.9. The molecule has 22 heavy (non-hydrogen) atoms. The number of carbonyl (C=O) groups excluding carboxylic acids is 2. The molecule has 7 heteroatoms. The van der Waals surface area contributed by atoms with Crippen molar-refractivity contribution in [1.29, 1.82) is 0 Å². The Balaban J connectivity index is 2.01. The van der Waals surface area contributed by atoms with Crippen molar-refractivity contribution in [2.45, 2.75) is 20.3 Å². The molecule has 0 spiro atoms. The molecular weight excluding hydrogens is 308 g/mol. The lowest BCUT2D eigenvalue weighted by molar-refractivity contribution is -0.118. The molecule has 1 aromatic carbocycles. The Hall–Kier alpha value is -2.34. The largest absolute Gasteiger partial charge is 0.483 e. The monoisotopic (exact) mass is 322 g/mol. The molecule has 1 aromatic heterocycles. The van der Waals surface area contributed by atoms with E-state index in [1.807, 2.05) is 0 Å². The quantitative estimate of drug-likeness (QED) is 0.826.